The first-order valence-electron chi connectivity index (χ1n) is 6.68. The molecule has 0 radical (unpaired) electrons. The summed E-state index contributed by atoms with van der Waals surface area (Å²) in [5.41, 5.74) is 4.09. The zero-order valence-corrected chi connectivity index (χ0v) is 12.3. The second-order valence-electron chi connectivity index (χ2n) is 4.62. The molecule has 106 valence electrons. The predicted octanol–water partition coefficient (Wildman–Crippen LogP) is 2.06. The topological polar surface area (TPSA) is 59.9 Å². The smallest absolute Gasteiger partial charge is 0.137 e. The quantitative estimate of drug-likeness (QED) is 0.902. The van der Waals surface area contributed by atoms with Crippen molar-refractivity contribution in [2.24, 2.45) is 0 Å². The summed E-state index contributed by atoms with van der Waals surface area (Å²) in [5.74, 6) is 0.750. The molecule has 0 aliphatic heterocycles. The Morgan fingerprint density at radius 3 is 2.70 bits per heavy atom. The molecule has 0 aliphatic carbocycles. The number of rotatable bonds is 5. The molecule has 0 aliphatic rings. The van der Waals surface area contributed by atoms with E-state index in [4.69, 9.17) is 4.74 Å². The van der Waals surface area contributed by atoms with Crippen molar-refractivity contribution >= 4 is 0 Å². The van der Waals surface area contributed by atoms with E-state index in [-0.39, 0.29) is 6.04 Å². The maximum atomic E-state index is 5.25. The molecule has 2 aromatic heterocycles. The van der Waals surface area contributed by atoms with Crippen LogP contribution in [-0.4, -0.2) is 29.3 Å². The average molecular weight is 272 g/mol. The summed E-state index contributed by atoms with van der Waals surface area (Å²) in [4.78, 5) is 4.23. The average Bonchev–Trinajstić information content (AvgIpc) is 2.48. The molecular formula is C15H20N4O. The highest BCUT2D eigenvalue weighted by molar-refractivity contribution is 5.36. The van der Waals surface area contributed by atoms with Crippen LogP contribution in [0.1, 0.15) is 35.5 Å². The van der Waals surface area contributed by atoms with Crippen molar-refractivity contribution in [1.82, 2.24) is 20.5 Å². The van der Waals surface area contributed by atoms with Crippen molar-refractivity contribution in [1.29, 1.82) is 0 Å². The highest BCUT2D eigenvalue weighted by Gasteiger charge is 2.18. The molecule has 0 spiro atoms. The number of nitrogens with one attached hydrogen (secondary N) is 1. The molecule has 5 nitrogen and oxygen atoms in total. The fourth-order valence-corrected chi connectivity index (χ4v) is 2.27. The molecule has 2 rings (SSSR count). The third-order valence-corrected chi connectivity index (χ3v) is 3.26. The van der Waals surface area contributed by atoms with Crippen LogP contribution in [0, 0.1) is 6.92 Å². The molecule has 5 heteroatoms. The van der Waals surface area contributed by atoms with Gasteiger partial charge in [-0.05, 0) is 43.7 Å². The van der Waals surface area contributed by atoms with Gasteiger partial charge in [-0.15, -0.1) is 0 Å². The van der Waals surface area contributed by atoms with Crippen LogP contribution >= 0.6 is 0 Å². The van der Waals surface area contributed by atoms with Gasteiger partial charge in [-0.1, -0.05) is 6.92 Å². The van der Waals surface area contributed by atoms with E-state index in [1.165, 1.54) is 0 Å². The van der Waals surface area contributed by atoms with Gasteiger partial charge in [0, 0.05) is 6.20 Å². The van der Waals surface area contributed by atoms with E-state index in [1.54, 1.807) is 13.3 Å². The molecule has 0 aromatic carbocycles. The van der Waals surface area contributed by atoms with Gasteiger partial charge in [0.25, 0.3) is 0 Å². The Labute approximate surface area is 119 Å². The van der Waals surface area contributed by atoms with Crippen molar-refractivity contribution in [3.8, 4) is 5.75 Å². The standard InChI is InChI=1S/C15H20N4O/c1-5-14-13(6-10(2)18-19-14)15(16-3)11-7-12(20-4)9-17-8-11/h6-9,15-16H,5H2,1-4H3. The van der Waals surface area contributed by atoms with Crippen molar-refractivity contribution < 1.29 is 4.74 Å². The summed E-state index contributed by atoms with van der Waals surface area (Å²) in [5, 5.41) is 11.8. The lowest BCUT2D eigenvalue weighted by Crippen LogP contribution is -2.20. The van der Waals surface area contributed by atoms with Crippen molar-refractivity contribution in [2.45, 2.75) is 26.3 Å². The van der Waals surface area contributed by atoms with E-state index in [2.05, 4.69) is 33.5 Å². The van der Waals surface area contributed by atoms with Crippen LogP contribution in [0.5, 0.6) is 5.75 Å². The minimum Gasteiger partial charge on any atom is -0.495 e. The second-order valence-corrected chi connectivity index (χ2v) is 4.62. The minimum atomic E-state index is 0.0294. The highest BCUT2D eigenvalue weighted by Crippen LogP contribution is 2.26. The van der Waals surface area contributed by atoms with Crippen LogP contribution in [0.4, 0.5) is 0 Å². The second kappa shape index (κ2) is 6.43. The largest absolute Gasteiger partial charge is 0.495 e. The first-order chi connectivity index (χ1) is 9.69. The number of ether oxygens (including phenoxy) is 1. The van der Waals surface area contributed by atoms with Crippen molar-refractivity contribution in [3.05, 3.63) is 47.0 Å². The third-order valence-electron chi connectivity index (χ3n) is 3.26. The van der Waals surface area contributed by atoms with E-state index < -0.39 is 0 Å². The summed E-state index contributed by atoms with van der Waals surface area (Å²) in [6, 6.07) is 4.09. The Kier molecular flexibility index (Phi) is 4.63. The van der Waals surface area contributed by atoms with E-state index in [0.717, 1.165) is 34.7 Å². The lowest BCUT2D eigenvalue weighted by molar-refractivity contribution is 0.411. The van der Waals surface area contributed by atoms with Crippen molar-refractivity contribution in [2.75, 3.05) is 14.2 Å². The fourth-order valence-electron chi connectivity index (χ4n) is 2.27. The molecule has 0 bridgehead atoms. The molecule has 1 unspecified atom stereocenters. The number of hydrogen-bond donors (Lipinski definition) is 1. The van der Waals surface area contributed by atoms with Gasteiger partial charge in [0.15, 0.2) is 0 Å². The number of hydrogen-bond acceptors (Lipinski definition) is 5. The van der Waals surface area contributed by atoms with E-state index in [1.807, 2.05) is 26.2 Å². The highest BCUT2D eigenvalue weighted by atomic mass is 16.5. The summed E-state index contributed by atoms with van der Waals surface area (Å²) < 4.78 is 5.25. The van der Waals surface area contributed by atoms with Gasteiger partial charge in [0.05, 0.1) is 30.7 Å². The monoisotopic (exact) mass is 272 g/mol. The van der Waals surface area contributed by atoms with Crippen LogP contribution in [0.25, 0.3) is 0 Å². The third kappa shape index (κ3) is 2.93. The molecule has 2 aromatic rings. The predicted molar refractivity (Wildman–Crippen MR) is 77.8 cm³/mol. The van der Waals surface area contributed by atoms with Gasteiger partial charge in [0.2, 0.25) is 0 Å². The van der Waals surface area contributed by atoms with Gasteiger partial charge in [-0.2, -0.15) is 10.2 Å². The first kappa shape index (κ1) is 14.4. The number of aromatic nitrogens is 3. The molecule has 0 amide bonds. The van der Waals surface area contributed by atoms with Crippen LogP contribution < -0.4 is 10.1 Å². The minimum absolute atomic E-state index is 0.0294. The fraction of sp³-hybridized carbons (Fsp3) is 0.400. The van der Waals surface area contributed by atoms with Gasteiger partial charge >= 0.3 is 0 Å². The molecule has 0 saturated carbocycles. The van der Waals surface area contributed by atoms with Crippen molar-refractivity contribution in [3.63, 3.8) is 0 Å². The molecule has 1 N–H and O–H groups in total. The Morgan fingerprint density at radius 2 is 2.05 bits per heavy atom. The molecular weight excluding hydrogens is 252 g/mol. The molecule has 1 atom stereocenters. The first-order valence-corrected chi connectivity index (χ1v) is 6.68. The number of methoxy groups -OCH3 is 1. The van der Waals surface area contributed by atoms with Crippen LogP contribution in [0.2, 0.25) is 0 Å². The van der Waals surface area contributed by atoms with Crippen LogP contribution in [-0.2, 0) is 6.42 Å². The van der Waals surface area contributed by atoms with Gasteiger partial charge < -0.3 is 10.1 Å². The molecule has 0 saturated heterocycles. The number of aryl methyl sites for hydroxylation is 2. The maximum Gasteiger partial charge on any atom is 0.137 e. The Hall–Kier alpha value is -2.01. The number of pyridine rings is 1. The summed E-state index contributed by atoms with van der Waals surface area (Å²) in [6.45, 7) is 4.03. The lowest BCUT2D eigenvalue weighted by Gasteiger charge is -2.19. The Morgan fingerprint density at radius 1 is 1.25 bits per heavy atom. The summed E-state index contributed by atoms with van der Waals surface area (Å²) >= 11 is 0. The molecule has 2 heterocycles. The Bertz CT molecular complexity index is 586. The maximum absolute atomic E-state index is 5.25. The van der Waals surface area contributed by atoms with Crippen LogP contribution in [0.3, 0.4) is 0 Å². The molecule has 20 heavy (non-hydrogen) atoms. The normalized spacial score (nSPS) is 12.2. The molecule has 0 fully saturated rings. The van der Waals surface area contributed by atoms with Gasteiger partial charge in [0.1, 0.15) is 5.75 Å². The summed E-state index contributed by atoms with van der Waals surface area (Å²) in [7, 11) is 3.57. The SMILES string of the molecule is CCc1nnc(C)cc1C(NC)c1cncc(OC)c1. The van der Waals surface area contributed by atoms with Gasteiger partial charge in [-0.3, -0.25) is 4.98 Å². The van der Waals surface area contributed by atoms with E-state index in [0.29, 0.717) is 0 Å². The van der Waals surface area contributed by atoms with Crippen LogP contribution in [0.15, 0.2) is 24.5 Å². The number of nitrogens with zero attached hydrogens (tertiary/aromatic N) is 3. The lowest BCUT2D eigenvalue weighted by atomic mass is 9.97. The zero-order chi connectivity index (χ0) is 14.5. The van der Waals surface area contributed by atoms with E-state index >= 15 is 0 Å². The summed E-state index contributed by atoms with van der Waals surface area (Å²) in [6.07, 6.45) is 4.39. The Balaban J connectivity index is 2.48. The van der Waals surface area contributed by atoms with E-state index in [9.17, 15) is 0 Å². The zero-order valence-electron chi connectivity index (χ0n) is 12.3. The van der Waals surface area contributed by atoms with Gasteiger partial charge in [-0.25, -0.2) is 0 Å².